The van der Waals surface area contributed by atoms with Crippen molar-refractivity contribution in [2.45, 2.75) is 39.5 Å². The second kappa shape index (κ2) is 6.39. The predicted octanol–water partition coefficient (Wildman–Crippen LogP) is 1.84. The molecule has 0 fully saturated rings. The summed E-state index contributed by atoms with van der Waals surface area (Å²) < 4.78 is 11.5. The lowest BCUT2D eigenvalue weighted by molar-refractivity contribution is -0.133. The number of rotatable bonds is 3. The van der Waals surface area contributed by atoms with Crippen LogP contribution in [0.2, 0.25) is 0 Å². The number of ether oxygens (including phenoxy) is 2. The van der Waals surface area contributed by atoms with E-state index in [0.717, 1.165) is 11.3 Å². The number of aromatic amines is 1. The second-order valence-electron chi connectivity index (χ2n) is 5.97. The van der Waals surface area contributed by atoms with Gasteiger partial charge in [-0.05, 0) is 44.5 Å². The van der Waals surface area contributed by atoms with Crippen molar-refractivity contribution in [2.75, 3.05) is 0 Å². The second-order valence-corrected chi connectivity index (χ2v) is 5.97. The first-order valence-corrected chi connectivity index (χ1v) is 7.85. The molecule has 3 rings (SSSR count). The highest BCUT2D eigenvalue weighted by atomic mass is 16.6. The molecule has 2 aromatic rings. The Hall–Kier alpha value is -2.76. The number of amides is 1. The largest absolute Gasteiger partial charge is 0.482 e. The number of fused-ring (bicyclic) bond motifs is 1. The van der Waals surface area contributed by atoms with Gasteiger partial charge < -0.3 is 19.8 Å². The number of benzene rings is 1. The SMILES string of the molecule is Cc1cc(C)c(CNC(=O)[C@H]2Oc3ccccc3O[C@@H]2C)c(=O)[nH]1. The Morgan fingerprint density at radius 3 is 2.54 bits per heavy atom. The molecule has 126 valence electrons. The third-order valence-electron chi connectivity index (χ3n) is 4.03. The van der Waals surface area contributed by atoms with Crippen molar-refractivity contribution < 1.29 is 14.3 Å². The molecule has 1 amide bonds. The predicted molar refractivity (Wildman–Crippen MR) is 89.3 cm³/mol. The van der Waals surface area contributed by atoms with Crippen LogP contribution in [0.3, 0.4) is 0 Å². The number of hydrogen-bond acceptors (Lipinski definition) is 4. The highest BCUT2D eigenvalue weighted by molar-refractivity contribution is 5.82. The van der Waals surface area contributed by atoms with Crippen molar-refractivity contribution >= 4 is 5.91 Å². The molecule has 0 aliphatic carbocycles. The van der Waals surface area contributed by atoms with E-state index in [1.54, 1.807) is 19.1 Å². The number of para-hydroxylation sites is 2. The number of carbonyl (C=O) groups excluding carboxylic acids is 1. The van der Waals surface area contributed by atoms with Crippen molar-refractivity contribution in [3.63, 3.8) is 0 Å². The molecule has 0 saturated heterocycles. The summed E-state index contributed by atoms with van der Waals surface area (Å²) in [5, 5.41) is 2.77. The number of hydrogen-bond donors (Lipinski definition) is 2. The maximum absolute atomic E-state index is 12.5. The van der Waals surface area contributed by atoms with Crippen molar-refractivity contribution in [1.29, 1.82) is 0 Å². The van der Waals surface area contributed by atoms with Crippen molar-refractivity contribution in [1.82, 2.24) is 10.3 Å². The van der Waals surface area contributed by atoms with Crippen LogP contribution in [0.1, 0.15) is 23.7 Å². The fraction of sp³-hybridized carbons (Fsp3) is 0.333. The monoisotopic (exact) mass is 328 g/mol. The Morgan fingerprint density at radius 1 is 1.21 bits per heavy atom. The van der Waals surface area contributed by atoms with E-state index >= 15 is 0 Å². The molecule has 1 aromatic heterocycles. The van der Waals surface area contributed by atoms with Crippen LogP contribution in [-0.4, -0.2) is 23.1 Å². The fourth-order valence-electron chi connectivity index (χ4n) is 2.78. The van der Waals surface area contributed by atoms with E-state index < -0.39 is 12.2 Å². The van der Waals surface area contributed by atoms with Gasteiger partial charge in [-0.25, -0.2) is 0 Å². The molecular formula is C18H20N2O4. The highest BCUT2D eigenvalue weighted by Crippen LogP contribution is 2.33. The zero-order valence-electron chi connectivity index (χ0n) is 13.9. The standard InChI is InChI=1S/C18H20N2O4/c1-10-8-11(2)20-17(21)13(10)9-19-18(22)16-12(3)23-14-6-4-5-7-15(14)24-16/h4-8,12,16H,9H2,1-3H3,(H,19,22)(H,20,21)/t12-,16+/m1/s1. The third-order valence-corrected chi connectivity index (χ3v) is 4.03. The Kier molecular flexibility index (Phi) is 4.29. The smallest absolute Gasteiger partial charge is 0.265 e. The minimum Gasteiger partial charge on any atom is -0.482 e. The number of aromatic nitrogens is 1. The number of H-pyrrole nitrogens is 1. The first-order chi connectivity index (χ1) is 11.5. The minimum absolute atomic E-state index is 0.147. The van der Waals surface area contributed by atoms with Crippen LogP contribution in [0.15, 0.2) is 35.1 Å². The van der Waals surface area contributed by atoms with Gasteiger partial charge in [-0.15, -0.1) is 0 Å². The average molecular weight is 328 g/mol. The average Bonchev–Trinajstić information content (AvgIpc) is 2.53. The fourth-order valence-corrected chi connectivity index (χ4v) is 2.78. The van der Waals surface area contributed by atoms with Gasteiger partial charge in [0.15, 0.2) is 11.5 Å². The van der Waals surface area contributed by atoms with Crippen LogP contribution in [0.4, 0.5) is 0 Å². The van der Waals surface area contributed by atoms with Gasteiger partial charge in [-0.1, -0.05) is 12.1 Å². The lowest BCUT2D eigenvalue weighted by Crippen LogP contribution is -2.49. The molecule has 0 bridgehead atoms. The Bertz CT molecular complexity index is 828. The van der Waals surface area contributed by atoms with Gasteiger partial charge in [-0.3, -0.25) is 9.59 Å². The first kappa shape index (κ1) is 16.1. The Morgan fingerprint density at radius 2 is 1.88 bits per heavy atom. The van der Waals surface area contributed by atoms with Crippen LogP contribution in [0.5, 0.6) is 11.5 Å². The summed E-state index contributed by atoms with van der Waals surface area (Å²) in [4.78, 5) is 27.2. The molecule has 0 unspecified atom stereocenters. The lowest BCUT2D eigenvalue weighted by atomic mass is 10.1. The van der Waals surface area contributed by atoms with Gasteiger partial charge in [0.05, 0.1) is 0 Å². The van der Waals surface area contributed by atoms with E-state index in [-0.39, 0.29) is 18.0 Å². The summed E-state index contributed by atoms with van der Waals surface area (Å²) in [5.41, 5.74) is 1.99. The van der Waals surface area contributed by atoms with Crippen molar-refractivity contribution in [2.24, 2.45) is 0 Å². The third kappa shape index (κ3) is 3.13. The lowest BCUT2D eigenvalue weighted by Gasteiger charge is -2.31. The summed E-state index contributed by atoms with van der Waals surface area (Å²) in [7, 11) is 0. The van der Waals surface area contributed by atoms with E-state index in [1.807, 2.05) is 32.0 Å². The molecule has 6 nitrogen and oxygen atoms in total. The molecule has 1 aliphatic heterocycles. The molecule has 2 heterocycles. The molecule has 24 heavy (non-hydrogen) atoms. The van der Waals surface area contributed by atoms with Gasteiger partial charge in [0.1, 0.15) is 6.10 Å². The minimum atomic E-state index is -0.760. The van der Waals surface area contributed by atoms with Gasteiger partial charge >= 0.3 is 0 Å². The zero-order chi connectivity index (χ0) is 17.3. The summed E-state index contributed by atoms with van der Waals surface area (Å²) in [5.74, 6) is 0.858. The maximum Gasteiger partial charge on any atom is 0.265 e. The Labute approximate surface area is 139 Å². The summed E-state index contributed by atoms with van der Waals surface area (Å²) in [6.07, 6.45) is -1.18. The van der Waals surface area contributed by atoms with E-state index in [9.17, 15) is 9.59 Å². The number of nitrogens with one attached hydrogen (secondary N) is 2. The molecule has 0 spiro atoms. The summed E-state index contributed by atoms with van der Waals surface area (Å²) in [6.45, 7) is 5.60. The van der Waals surface area contributed by atoms with Crippen molar-refractivity contribution in [3.8, 4) is 11.5 Å². The van der Waals surface area contributed by atoms with Crippen LogP contribution >= 0.6 is 0 Å². The van der Waals surface area contributed by atoms with E-state index in [1.165, 1.54) is 0 Å². The van der Waals surface area contributed by atoms with E-state index in [2.05, 4.69) is 10.3 Å². The summed E-state index contributed by atoms with van der Waals surface area (Å²) >= 11 is 0. The zero-order valence-corrected chi connectivity index (χ0v) is 13.9. The Balaban J connectivity index is 1.71. The molecular weight excluding hydrogens is 308 g/mol. The van der Waals surface area contributed by atoms with Crippen LogP contribution in [0.25, 0.3) is 0 Å². The topological polar surface area (TPSA) is 80.4 Å². The quantitative estimate of drug-likeness (QED) is 0.901. The molecule has 1 aliphatic rings. The van der Waals surface area contributed by atoms with Crippen LogP contribution in [0, 0.1) is 13.8 Å². The van der Waals surface area contributed by atoms with Crippen LogP contribution in [-0.2, 0) is 11.3 Å². The number of aryl methyl sites for hydroxylation is 2. The number of carbonyl (C=O) groups is 1. The van der Waals surface area contributed by atoms with E-state index in [4.69, 9.17) is 9.47 Å². The normalized spacial score (nSPS) is 19.0. The highest BCUT2D eigenvalue weighted by Gasteiger charge is 2.33. The first-order valence-electron chi connectivity index (χ1n) is 7.85. The maximum atomic E-state index is 12.5. The molecule has 0 radical (unpaired) electrons. The van der Waals surface area contributed by atoms with Crippen LogP contribution < -0.4 is 20.3 Å². The molecule has 1 aromatic carbocycles. The molecule has 6 heteroatoms. The molecule has 0 saturated carbocycles. The number of pyridine rings is 1. The summed E-state index contributed by atoms with van der Waals surface area (Å²) in [6, 6.07) is 9.11. The molecule has 2 atom stereocenters. The van der Waals surface area contributed by atoms with Gasteiger partial charge in [0.2, 0.25) is 6.10 Å². The van der Waals surface area contributed by atoms with Gasteiger partial charge in [0.25, 0.3) is 11.5 Å². The molecule has 2 N–H and O–H groups in total. The van der Waals surface area contributed by atoms with E-state index in [0.29, 0.717) is 17.1 Å². The van der Waals surface area contributed by atoms with Crippen molar-refractivity contribution in [3.05, 3.63) is 57.5 Å². The van der Waals surface area contributed by atoms with Gasteiger partial charge in [0, 0.05) is 17.8 Å². The van der Waals surface area contributed by atoms with Gasteiger partial charge in [-0.2, -0.15) is 0 Å².